The second kappa shape index (κ2) is 7.67. The first-order valence-electron chi connectivity index (χ1n) is 6.95. The molecule has 2 aromatic rings. The van der Waals surface area contributed by atoms with Crippen LogP contribution in [0.2, 0.25) is 4.34 Å². The zero-order valence-electron chi connectivity index (χ0n) is 12.0. The molecule has 20 heavy (non-hydrogen) atoms. The van der Waals surface area contributed by atoms with Gasteiger partial charge in [-0.1, -0.05) is 23.7 Å². The van der Waals surface area contributed by atoms with E-state index in [1.54, 1.807) is 11.3 Å². The van der Waals surface area contributed by atoms with Gasteiger partial charge in [0.15, 0.2) is 0 Å². The molecule has 108 valence electrons. The molecule has 1 aromatic heterocycles. The van der Waals surface area contributed by atoms with Crippen LogP contribution >= 0.6 is 22.9 Å². The fraction of sp³-hybridized carbons (Fsp3) is 0.375. The van der Waals surface area contributed by atoms with E-state index >= 15 is 0 Å². The van der Waals surface area contributed by atoms with Gasteiger partial charge < -0.3 is 10.2 Å². The lowest BCUT2D eigenvalue weighted by Crippen LogP contribution is -2.31. The van der Waals surface area contributed by atoms with E-state index in [1.165, 1.54) is 16.1 Å². The molecular formula is C16H21ClN2S. The van der Waals surface area contributed by atoms with Crippen molar-refractivity contribution in [3.05, 3.63) is 51.2 Å². The maximum absolute atomic E-state index is 5.92. The van der Waals surface area contributed by atoms with Gasteiger partial charge in [-0.3, -0.25) is 0 Å². The number of nitrogens with zero attached hydrogens (tertiary/aromatic N) is 1. The molecule has 0 unspecified atom stereocenters. The summed E-state index contributed by atoms with van der Waals surface area (Å²) < 4.78 is 0.858. The minimum absolute atomic E-state index is 0.858. The molecule has 0 saturated carbocycles. The molecule has 0 spiro atoms. The Balaban J connectivity index is 1.79. The van der Waals surface area contributed by atoms with Crippen molar-refractivity contribution in [2.75, 3.05) is 24.5 Å². The number of anilines is 1. The number of rotatable bonds is 7. The molecule has 0 bridgehead atoms. The predicted octanol–water partition coefficient (Wildman–Crippen LogP) is 4.33. The van der Waals surface area contributed by atoms with E-state index in [4.69, 9.17) is 11.6 Å². The lowest BCUT2D eigenvalue weighted by Gasteiger charge is -2.23. The van der Waals surface area contributed by atoms with Crippen LogP contribution in [0.1, 0.15) is 17.4 Å². The average molecular weight is 309 g/mol. The van der Waals surface area contributed by atoms with Gasteiger partial charge in [0.2, 0.25) is 0 Å². The number of likely N-dealkylation sites (N-methyl/N-ethyl adjacent to an activating group) is 1. The highest BCUT2D eigenvalue weighted by Gasteiger charge is 2.04. The van der Waals surface area contributed by atoms with Crippen LogP contribution in [0.3, 0.4) is 0 Å². The Hall–Kier alpha value is -1.03. The van der Waals surface area contributed by atoms with Gasteiger partial charge >= 0.3 is 0 Å². The van der Waals surface area contributed by atoms with Crippen molar-refractivity contribution in [1.29, 1.82) is 0 Å². The normalized spacial score (nSPS) is 10.8. The predicted molar refractivity (Wildman–Crippen MR) is 90.1 cm³/mol. The van der Waals surface area contributed by atoms with Crippen molar-refractivity contribution in [2.45, 2.75) is 20.4 Å². The third kappa shape index (κ3) is 4.51. The van der Waals surface area contributed by atoms with Gasteiger partial charge in [0.05, 0.1) is 4.34 Å². The van der Waals surface area contributed by atoms with Crippen LogP contribution in [0.5, 0.6) is 0 Å². The Morgan fingerprint density at radius 1 is 1.25 bits per heavy atom. The molecule has 0 amide bonds. The first-order chi connectivity index (χ1) is 9.69. The van der Waals surface area contributed by atoms with E-state index in [1.807, 2.05) is 6.07 Å². The summed E-state index contributed by atoms with van der Waals surface area (Å²) in [4.78, 5) is 3.68. The highest BCUT2D eigenvalue weighted by atomic mass is 35.5. The molecule has 0 aliphatic heterocycles. The number of hydrogen-bond donors (Lipinski definition) is 1. The Labute approximate surface area is 130 Å². The second-order valence-corrected chi connectivity index (χ2v) is 6.60. The quantitative estimate of drug-likeness (QED) is 0.766. The topological polar surface area (TPSA) is 15.3 Å². The maximum atomic E-state index is 5.92. The summed E-state index contributed by atoms with van der Waals surface area (Å²) in [6.07, 6.45) is 0. The summed E-state index contributed by atoms with van der Waals surface area (Å²) in [7, 11) is 0. The Bertz CT molecular complexity index is 539. The Morgan fingerprint density at radius 3 is 2.75 bits per heavy atom. The third-order valence-electron chi connectivity index (χ3n) is 3.24. The van der Waals surface area contributed by atoms with Crippen molar-refractivity contribution in [3.63, 3.8) is 0 Å². The van der Waals surface area contributed by atoms with Crippen molar-refractivity contribution in [3.8, 4) is 0 Å². The zero-order chi connectivity index (χ0) is 14.4. The van der Waals surface area contributed by atoms with Gasteiger partial charge in [-0.25, -0.2) is 0 Å². The second-order valence-electron chi connectivity index (χ2n) is 4.80. The van der Waals surface area contributed by atoms with Crippen LogP contribution in [0.25, 0.3) is 0 Å². The maximum Gasteiger partial charge on any atom is 0.0931 e. The highest BCUT2D eigenvalue weighted by molar-refractivity contribution is 7.16. The van der Waals surface area contributed by atoms with Crippen LogP contribution in [-0.2, 0) is 6.54 Å². The largest absolute Gasteiger partial charge is 0.371 e. The number of nitrogens with one attached hydrogen (secondary N) is 1. The van der Waals surface area contributed by atoms with Gasteiger partial charge in [0.1, 0.15) is 0 Å². The molecule has 1 heterocycles. The average Bonchev–Trinajstić information content (AvgIpc) is 2.84. The lowest BCUT2D eigenvalue weighted by atomic mass is 10.2. The summed E-state index contributed by atoms with van der Waals surface area (Å²) in [6, 6.07) is 12.7. The molecule has 2 nitrogen and oxygen atoms in total. The molecule has 0 fully saturated rings. The number of halogens is 1. The number of benzene rings is 1. The first-order valence-corrected chi connectivity index (χ1v) is 8.15. The number of thiophene rings is 1. The minimum atomic E-state index is 0.858. The molecule has 4 heteroatoms. The molecule has 0 saturated heterocycles. The van der Waals surface area contributed by atoms with E-state index in [2.05, 4.69) is 54.4 Å². The van der Waals surface area contributed by atoms with Crippen molar-refractivity contribution >= 4 is 28.6 Å². The lowest BCUT2D eigenvalue weighted by molar-refractivity contribution is 0.670. The van der Waals surface area contributed by atoms with Crippen LogP contribution in [0.15, 0.2) is 36.4 Å². The first kappa shape index (κ1) is 15.4. The monoisotopic (exact) mass is 308 g/mol. The van der Waals surface area contributed by atoms with Gasteiger partial charge in [0, 0.05) is 36.7 Å². The van der Waals surface area contributed by atoms with E-state index in [9.17, 15) is 0 Å². The molecule has 0 aliphatic rings. The standard InChI is InChI=1S/C16H21ClN2S/c1-3-19(14-6-4-5-13(2)11-14)10-9-18-12-15-7-8-16(17)20-15/h4-8,11,18H,3,9-10,12H2,1-2H3. The summed E-state index contributed by atoms with van der Waals surface area (Å²) in [6.45, 7) is 8.23. The van der Waals surface area contributed by atoms with Crippen molar-refractivity contribution < 1.29 is 0 Å². The summed E-state index contributed by atoms with van der Waals surface area (Å²) >= 11 is 7.56. The SMILES string of the molecule is CCN(CCNCc1ccc(Cl)s1)c1cccc(C)c1. The summed E-state index contributed by atoms with van der Waals surface area (Å²) in [5, 5.41) is 3.47. The Kier molecular flexibility index (Phi) is 5.89. The summed E-state index contributed by atoms with van der Waals surface area (Å²) in [5.74, 6) is 0. The van der Waals surface area contributed by atoms with E-state index in [0.29, 0.717) is 0 Å². The fourth-order valence-corrected chi connectivity index (χ4v) is 3.22. The molecule has 0 radical (unpaired) electrons. The molecule has 1 aromatic carbocycles. The van der Waals surface area contributed by atoms with E-state index in [0.717, 1.165) is 30.5 Å². The van der Waals surface area contributed by atoms with Crippen LogP contribution < -0.4 is 10.2 Å². The highest BCUT2D eigenvalue weighted by Crippen LogP contribution is 2.21. The molecule has 0 atom stereocenters. The Morgan fingerprint density at radius 2 is 2.10 bits per heavy atom. The summed E-state index contributed by atoms with van der Waals surface area (Å²) in [5.41, 5.74) is 2.61. The molecule has 0 aliphatic carbocycles. The van der Waals surface area contributed by atoms with Gasteiger partial charge in [0.25, 0.3) is 0 Å². The van der Waals surface area contributed by atoms with Crippen molar-refractivity contribution in [2.24, 2.45) is 0 Å². The zero-order valence-corrected chi connectivity index (χ0v) is 13.6. The number of aryl methyl sites for hydroxylation is 1. The smallest absolute Gasteiger partial charge is 0.0931 e. The van der Waals surface area contributed by atoms with Crippen LogP contribution in [0, 0.1) is 6.92 Å². The van der Waals surface area contributed by atoms with Gasteiger partial charge in [-0.15, -0.1) is 11.3 Å². The number of hydrogen-bond acceptors (Lipinski definition) is 3. The fourth-order valence-electron chi connectivity index (χ4n) is 2.17. The van der Waals surface area contributed by atoms with Crippen LogP contribution in [0.4, 0.5) is 5.69 Å². The minimum Gasteiger partial charge on any atom is -0.371 e. The van der Waals surface area contributed by atoms with Gasteiger partial charge in [-0.05, 0) is 43.7 Å². The molecular weight excluding hydrogens is 288 g/mol. The third-order valence-corrected chi connectivity index (χ3v) is 4.47. The van der Waals surface area contributed by atoms with Gasteiger partial charge in [-0.2, -0.15) is 0 Å². The molecule has 1 N–H and O–H groups in total. The van der Waals surface area contributed by atoms with Crippen molar-refractivity contribution in [1.82, 2.24) is 5.32 Å². The molecule has 2 rings (SSSR count). The van der Waals surface area contributed by atoms with E-state index in [-0.39, 0.29) is 0 Å². The van der Waals surface area contributed by atoms with Crippen LogP contribution in [-0.4, -0.2) is 19.6 Å². The van der Waals surface area contributed by atoms with E-state index < -0.39 is 0 Å².